The molecule has 6 heteroatoms. The Morgan fingerprint density at radius 3 is 2.92 bits per heavy atom. The Morgan fingerprint density at radius 2 is 2.16 bits per heavy atom. The standard InChI is InChI=1S/C19H31N3O3/c1-14(2)10-16-11-18(25-21-16)12-20-19(23)15-4-3-7-22(13-15)17-5-8-24-9-6-17/h11,14-15,17H,3-10,12-13H2,1-2H3,(H,20,23). The summed E-state index contributed by atoms with van der Waals surface area (Å²) in [6.07, 6.45) is 5.15. The van der Waals surface area contributed by atoms with Crippen LogP contribution in [0.2, 0.25) is 0 Å². The van der Waals surface area contributed by atoms with E-state index in [2.05, 4.69) is 29.2 Å². The van der Waals surface area contributed by atoms with Crippen LogP contribution in [0.5, 0.6) is 0 Å². The van der Waals surface area contributed by atoms with Crippen LogP contribution in [0.4, 0.5) is 0 Å². The molecule has 1 amide bonds. The molecule has 6 nitrogen and oxygen atoms in total. The molecule has 0 spiro atoms. The molecular formula is C19H31N3O3. The van der Waals surface area contributed by atoms with Crippen LogP contribution < -0.4 is 5.32 Å². The number of amides is 1. The molecule has 0 aliphatic carbocycles. The highest BCUT2D eigenvalue weighted by atomic mass is 16.5. The SMILES string of the molecule is CC(C)Cc1cc(CNC(=O)C2CCCN(C3CCOCC3)C2)on1. The first kappa shape index (κ1) is 18.4. The zero-order valence-electron chi connectivity index (χ0n) is 15.5. The molecule has 1 atom stereocenters. The zero-order valence-corrected chi connectivity index (χ0v) is 15.5. The Labute approximate surface area is 150 Å². The predicted molar refractivity (Wildman–Crippen MR) is 95.0 cm³/mol. The van der Waals surface area contributed by atoms with Gasteiger partial charge in [0.2, 0.25) is 5.91 Å². The van der Waals surface area contributed by atoms with Crippen molar-refractivity contribution in [3.8, 4) is 0 Å². The van der Waals surface area contributed by atoms with Gasteiger partial charge >= 0.3 is 0 Å². The topological polar surface area (TPSA) is 67.6 Å². The second-order valence-electron chi connectivity index (χ2n) is 7.78. The van der Waals surface area contributed by atoms with Crippen molar-refractivity contribution in [1.82, 2.24) is 15.4 Å². The van der Waals surface area contributed by atoms with E-state index in [1.807, 2.05) is 6.07 Å². The van der Waals surface area contributed by atoms with Crippen LogP contribution in [0.25, 0.3) is 0 Å². The smallest absolute Gasteiger partial charge is 0.224 e. The normalized spacial score (nSPS) is 23.1. The fourth-order valence-corrected chi connectivity index (χ4v) is 3.87. The molecule has 0 bridgehead atoms. The number of hydrogen-bond acceptors (Lipinski definition) is 5. The molecule has 1 aromatic heterocycles. The molecule has 1 N–H and O–H groups in total. The van der Waals surface area contributed by atoms with Crippen molar-refractivity contribution in [2.45, 2.75) is 58.5 Å². The van der Waals surface area contributed by atoms with Gasteiger partial charge in [-0.25, -0.2) is 0 Å². The third-order valence-corrected chi connectivity index (χ3v) is 5.19. The van der Waals surface area contributed by atoms with Gasteiger partial charge < -0.3 is 14.6 Å². The highest BCUT2D eigenvalue weighted by molar-refractivity contribution is 5.78. The van der Waals surface area contributed by atoms with E-state index in [1.54, 1.807) is 0 Å². The lowest BCUT2D eigenvalue weighted by molar-refractivity contribution is -0.127. The molecule has 1 unspecified atom stereocenters. The van der Waals surface area contributed by atoms with Gasteiger partial charge in [-0.3, -0.25) is 9.69 Å². The number of nitrogens with one attached hydrogen (secondary N) is 1. The number of hydrogen-bond donors (Lipinski definition) is 1. The summed E-state index contributed by atoms with van der Waals surface area (Å²) < 4.78 is 10.8. The number of piperidine rings is 1. The van der Waals surface area contributed by atoms with E-state index in [0.717, 1.165) is 69.9 Å². The molecular weight excluding hydrogens is 318 g/mol. The molecule has 1 aromatic rings. The number of ether oxygens (including phenoxy) is 1. The first-order valence-electron chi connectivity index (χ1n) is 9.66. The van der Waals surface area contributed by atoms with Crippen molar-refractivity contribution in [2.75, 3.05) is 26.3 Å². The van der Waals surface area contributed by atoms with Crippen molar-refractivity contribution in [2.24, 2.45) is 11.8 Å². The van der Waals surface area contributed by atoms with Gasteiger partial charge in [0.25, 0.3) is 0 Å². The highest BCUT2D eigenvalue weighted by Crippen LogP contribution is 2.23. The zero-order chi connectivity index (χ0) is 17.6. The van der Waals surface area contributed by atoms with Crippen LogP contribution in [0.1, 0.15) is 51.0 Å². The molecule has 3 heterocycles. The van der Waals surface area contributed by atoms with Crippen LogP contribution in [-0.4, -0.2) is 48.3 Å². The number of carbonyl (C=O) groups is 1. The molecule has 2 fully saturated rings. The van der Waals surface area contributed by atoms with E-state index in [-0.39, 0.29) is 11.8 Å². The number of aromatic nitrogens is 1. The third kappa shape index (κ3) is 5.28. The maximum absolute atomic E-state index is 12.6. The fourth-order valence-electron chi connectivity index (χ4n) is 3.87. The van der Waals surface area contributed by atoms with E-state index < -0.39 is 0 Å². The summed E-state index contributed by atoms with van der Waals surface area (Å²) in [5.41, 5.74) is 0.961. The summed E-state index contributed by atoms with van der Waals surface area (Å²) in [4.78, 5) is 15.1. The Bertz CT molecular complexity index is 552. The van der Waals surface area contributed by atoms with E-state index >= 15 is 0 Å². The van der Waals surface area contributed by atoms with Crippen molar-refractivity contribution >= 4 is 5.91 Å². The Morgan fingerprint density at radius 1 is 1.36 bits per heavy atom. The van der Waals surface area contributed by atoms with Crippen molar-refractivity contribution in [3.63, 3.8) is 0 Å². The number of carbonyl (C=O) groups excluding carboxylic acids is 1. The van der Waals surface area contributed by atoms with Crippen molar-refractivity contribution in [3.05, 3.63) is 17.5 Å². The van der Waals surface area contributed by atoms with E-state index in [0.29, 0.717) is 18.5 Å². The molecule has 0 saturated carbocycles. The van der Waals surface area contributed by atoms with Gasteiger partial charge in [-0.05, 0) is 44.6 Å². The van der Waals surface area contributed by atoms with Gasteiger partial charge in [-0.15, -0.1) is 0 Å². The molecule has 2 aliphatic rings. The molecule has 0 radical (unpaired) electrons. The molecule has 25 heavy (non-hydrogen) atoms. The molecule has 2 aliphatic heterocycles. The lowest BCUT2D eigenvalue weighted by atomic mass is 9.94. The predicted octanol–water partition coefficient (Wildman–Crippen LogP) is 2.38. The third-order valence-electron chi connectivity index (χ3n) is 5.19. The van der Waals surface area contributed by atoms with E-state index in [4.69, 9.17) is 9.26 Å². The lowest BCUT2D eigenvalue weighted by Crippen LogP contribution is -2.48. The van der Waals surface area contributed by atoms with Crippen molar-refractivity contribution in [1.29, 1.82) is 0 Å². The highest BCUT2D eigenvalue weighted by Gasteiger charge is 2.30. The van der Waals surface area contributed by atoms with Crippen LogP contribution in [-0.2, 0) is 22.5 Å². The Kier molecular flexibility index (Phi) is 6.48. The minimum Gasteiger partial charge on any atom is -0.381 e. The fraction of sp³-hybridized carbons (Fsp3) is 0.789. The lowest BCUT2D eigenvalue weighted by Gasteiger charge is -2.39. The van der Waals surface area contributed by atoms with E-state index in [9.17, 15) is 4.79 Å². The maximum Gasteiger partial charge on any atom is 0.224 e. The minimum absolute atomic E-state index is 0.0784. The Balaban J connectivity index is 1.46. The number of likely N-dealkylation sites (tertiary alicyclic amines) is 1. The van der Waals surface area contributed by atoms with Gasteiger partial charge in [0, 0.05) is 31.9 Å². The van der Waals surface area contributed by atoms with Crippen LogP contribution in [0, 0.1) is 11.8 Å². The molecule has 3 rings (SSSR count). The number of rotatable bonds is 6. The number of nitrogens with zero attached hydrogens (tertiary/aromatic N) is 2. The van der Waals surface area contributed by atoms with Gasteiger partial charge in [0.1, 0.15) is 0 Å². The summed E-state index contributed by atoms with van der Waals surface area (Å²) in [6, 6.07) is 2.53. The van der Waals surface area contributed by atoms with Gasteiger partial charge in [-0.2, -0.15) is 0 Å². The second-order valence-corrected chi connectivity index (χ2v) is 7.78. The maximum atomic E-state index is 12.6. The first-order valence-corrected chi connectivity index (χ1v) is 9.66. The van der Waals surface area contributed by atoms with Crippen LogP contribution in [0.15, 0.2) is 10.6 Å². The van der Waals surface area contributed by atoms with E-state index in [1.165, 1.54) is 0 Å². The monoisotopic (exact) mass is 349 g/mol. The average molecular weight is 349 g/mol. The van der Waals surface area contributed by atoms with Crippen LogP contribution in [0.3, 0.4) is 0 Å². The molecule has 0 aromatic carbocycles. The van der Waals surface area contributed by atoms with Crippen LogP contribution >= 0.6 is 0 Å². The van der Waals surface area contributed by atoms with Crippen molar-refractivity contribution < 1.29 is 14.1 Å². The quantitative estimate of drug-likeness (QED) is 0.854. The molecule has 140 valence electrons. The summed E-state index contributed by atoms with van der Waals surface area (Å²) in [7, 11) is 0. The van der Waals surface area contributed by atoms with Gasteiger partial charge in [0.05, 0.1) is 18.2 Å². The first-order chi connectivity index (χ1) is 12.1. The summed E-state index contributed by atoms with van der Waals surface area (Å²) in [5, 5.41) is 7.11. The summed E-state index contributed by atoms with van der Waals surface area (Å²) in [5.74, 6) is 1.50. The van der Waals surface area contributed by atoms with Gasteiger partial charge in [0.15, 0.2) is 5.76 Å². The second kappa shape index (κ2) is 8.81. The average Bonchev–Trinajstić information content (AvgIpc) is 3.07. The minimum atomic E-state index is 0.0784. The Hall–Kier alpha value is -1.40. The van der Waals surface area contributed by atoms with Gasteiger partial charge in [-0.1, -0.05) is 19.0 Å². The summed E-state index contributed by atoms with van der Waals surface area (Å²) >= 11 is 0. The largest absolute Gasteiger partial charge is 0.381 e. The molecule has 2 saturated heterocycles. The summed E-state index contributed by atoms with van der Waals surface area (Å²) in [6.45, 7) is 8.41.